The number of hydrogen-bond donors (Lipinski definition) is 1. The first-order valence-electron chi connectivity index (χ1n) is 11.7. The Labute approximate surface area is 204 Å². The van der Waals surface area contributed by atoms with Crippen molar-refractivity contribution >= 4 is 23.1 Å². The van der Waals surface area contributed by atoms with Gasteiger partial charge in [-0.05, 0) is 68.1 Å². The summed E-state index contributed by atoms with van der Waals surface area (Å²) in [5, 5.41) is 11.5. The number of aliphatic hydroxyl groups excluding tert-OH is 1. The third-order valence-electron chi connectivity index (χ3n) is 6.67. The van der Waals surface area contributed by atoms with Gasteiger partial charge in [0, 0.05) is 16.8 Å². The van der Waals surface area contributed by atoms with Crippen molar-refractivity contribution < 1.29 is 24.2 Å². The summed E-state index contributed by atoms with van der Waals surface area (Å²) in [4.78, 5) is 28.4. The smallest absolute Gasteiger partial charge is 0.300 e. The van der Waals surface area contributed by atoms with Gasteiger partial charge in [0.15, 0.2) is 0 Å². The minimum Gasteiger partial charge on any atom is -0.507 e. The first-order valence-corrected chi connectivity index (χ1v) is 11.7. The van der Waals surface area contributed by atoms with E-state index in [1.807, 2.05) is 62.4 Å². The Kier molecular flexibility index (Phi) is 5.81. The van der Waals surface area contributed by atoms with Gasteiger partial charge in [-0.2, -0.15) is 0 Å². The Morgan fingerprint density at radius 1 is 1.06 bits per heavy atom. The van der Waals surface area contributed by atoms with E-state index in [1.54, 1.807) is 19.2 Å². The Balaban J connectivity index is 1.74. The zero-order valence-corrected chi connectivity index (χ0v) is 20.0. The number of hydrogen-bond acceptors (Lipinski definition) is 5. The number of carbonyl (C=O) groups is 2. The first-order chi connectivity index (χ1) is 16.9. The number of methoxy groups -OCH3 is 1. The molecule has 1 fully saturated rings. The van der Waals surface area contributed by atoms with Crippen molar-refractivity contribution in [3.8, 4) is 11.5 Å². The SMILES string of the molecule is COc1ccccc1C1/C(=C(\O)c2ccc3c(c2)CCCO3)C(=O)C(=O)N1c1ccc(C)cc1C. The van der Waals surface area contributed by atoms with Crippen molar-refractivity contribution in [1.29, 1.82) is 0 Å². The Morgan fingerprint density at radius 2 is 1.86 bits per heavy atom. The van der Waals surface area contributed by atoms with Crippen LogP contribution in [0.4, 0.5) is 5.69 Å². The molecule has 0 spiro atoms. The largest absolute Gasteiger partial charge is 0.507 e. The standard InChI is InChI=1S/C29H27NO5/c1-17-10-12-22(18(2)15-17)30-26(21-8-4-5-9-24(21)34-3)25(28(32)29(30)33)27(31)20-11-13-23-19(16-20)7-6-14-35-23/h4-5,8-13,15-16,26,31H,6-7,14H2,1-3H3/b27-25+. The maximum Gasteiger partial charge on any atom is 0.300 e. The van der Waals surface area contributed by atoms with Crippen molar-refractivity contribution in [3.05, 3.63) is 94.1 Å². The summed E-state index contributed by atoms with van der Waals surface area (Å²) >= 11 is 0. The van der Waals surface area contributed by atoms with Crippen LogP contribution in [0, 0.1) is 13.8 Å². The molecule has 178 valence electrons. The number of fused-ring (bicyclic) bond motifs is 1. The van der Waals surface area contributed by atoms with Crippen molar-refractivity contribution in [2.75, 3.05) is 18.6 Å². The lowest BCUT2D eigenvalue weighted by atomic mass is 9.93. The van der Waals surface area contributed by atoms with Gasteiger partial charge in [-0.15, -0.1) is 0 Å². The maximum atomic E-state index is 13.5. The summed E-state index contributed by atoms with van der Waals surface area (Å²) in [6.45, 7) is 4.54. The lowest BCUT2D eigenvalue weighted by Gasteiger charge is -2.28. The highest BCUT2D eigenvalue weighted by Gasteiger charge is 2.48. The van der Waals surface area contributed by atoms with E-state index < -0.39 is 17.7 Å². The number of ketones is 1. The summed E-state index contributed by atoms with van der Waals surface area (Å²) in [6.07, 6.45) is 1.71. The second kappa shape index (κ2) is 8.95. The zero-order chi connectivity index (χ0) is 24.7. The number of rotatable bonds is 4. The highest BCUT2D eigenvalue weighted by molar-refractivity contribution is 6.51. The molecular formula is C29H27NO5. The molecule has 0 aliphatic carbocycles. The van der Waals surface area contributed by atoms with Crippen LogP contribution in [0.5, 0.6) is 11.5 Å². The fourth-order valence-electron chi connectivity index (χ4n) is 5.01. The second-order valence-corrected chi connectivity index (χ2v) is 8.98. The van der Waals surface area contributed by atoms with Gasteiger partial charge < -0.3 is 14.6 Å². The van der Waals surface area contributed by atoms with Crippen LogP contribution in [0.1, 0.15) is 40.3 Å². The molecule has 3 aromatic rings. The Bertz CT molecular complexity index is 1370. The molecule has 1 atom stereocenters. The summed E-state index contributed by atoms with van der Waals surface area (Å²) in [5.74, 6) is -0.313. The normalized spacial score (nSPS) is 18.8. The van der Waals surface area contributed by atoms with Gasteiger partial charge in [-0.1, -0.05) is 35.9 Å². The number of aryl methyl sites for hydroxylation is 3. The summed E-state index contributed by atoms with van der Waals surface area (Å²) < 4.78 is 11.3. The zero-order valence-electron chi connectivity index (χ0n) is 20.0. The molecule has 0 radical (unpaired) electrons. The van der Waals surface area contributed by atoms with E-state index in [2.05, 4.69) is 0 Å². The molecule has 2 aliphatic rings. The molecule has 0 aromatic heterocycles. The molecule has 0 bridgehead atoms. The minimum absolute atomic E-state index is 0.0381. The molecule has 6 nitrogen and oxygen atoms in total. The lowest BCUT2D eigenvalue weighted by Crippen LogP contribution is -2.30. The highest BCUT2D eigenvalue weighted by atomic mass is 16.5. The van der Waals surface area contributed by atoms with E-state index in [1.165, 1.54) is 4.90 Å². The topological polar surface area (TPSA) is 76.1 Å². The maximum absolute atomic E-state index is 13.5. The van der Waals surface area contributed by atoms with Gasteiger partial charge in [0.1, 0.15) is 17.3 Å². The van der Waals surface area contributed by atoms with Gasteiger partial charge in [0.2, 0.25) is 0 Å². The molecule has 35 heavy (non-hydrogen) atoms. The van der Waals surface area contributed by atoms with Crippen LogP contribution >= 0.6 is 0 Å². The number of benzene rings is 3. The van der Waals surface area contributed by atoms with Crippen LogP contribution in [-0.4, -0.2) is 30.5 Å². The fourth-order valence-corrected chi connectivity index (χ4v) is 5.01. The van der Waals surface area contributed by atoms with Crippen LogP contribution in [-0.2, 0) is 16.0 Å². The number of nitrogens with zero attached hydrogens (tertiary/aromatic N) is 1. The van der Waals surface area contributed by atoms with E-state index in [9.17, 15) is 14.7 Å². The molecular weight excluding hydrogens is 442 g/mol. The molecule has 0 saturated carbocycles. The van der Waals surface area contributed by atoms with Crippen LogP contribution < -0.4 is 14.4 Å². The number of carbonyl (C=O) groups excluding carboxylic acids is 2. The average molecular weight is 470 g/mol. The predicted octanol–water partition coefficient (Wildman–Crippen LogP) is 5.26. The predicted molar refractivity (Wildman–Crippen MR) is 134 cm³/mol. The molecule has 1 unspecified atom stereocenters. The van der Waals surface area contributed by atoms with Gasteiger partial charge in [0.05, 0.1) is 25.3 Å². The van der Waals surface area contributed by atoms with Gasteiger partial charge in [-0.3, -0.25) is 14.5 Å². The number of ether oxygens (including phenoxy) is 2. The van der Waals surface area contributed by atoms with Gasteiger partial charge in [0.25, 0.3) is 11.7 Å². The number of para-hydroxylation sites is 1. The highest BCUT2D eigenvalue weighted by Crippen LogP contribution is 2.46. The summed E-state index contributed by atoms with van der Waals surface area (Å²) in [6, 6.07) is 17.5. The Morgan fingerprint density at radius 3 is 2.63 bits per heavy atom. The van der Waals surface area contributed by atoms with Crippen LogP contribution in [0.25, 0.3) is 5.76 Å². The van der Waals surface area contributed by atoms with Crippen molar-refractivity contribution in [2.45, 2.75) is 32.7 Å². The monoisotopic (exact) mass is 469 g/mol. The molecule has 2 heterocycles. The van der Waals surface area contributed by atoms with Gasteiger partial charge >= 0.3 is 0 Å². The van der Waals surface area contributed by atoms with E-state index in [-0.39, 0.29) is 11.3 Å². The van der Waals surface area contributed by atoms with Crippen LogP contribution in [0.3, 0.4) is 0 Å². The third-order valence-corrected chi connectivity index (χ3v) is 6.67. The fraction of sp³-hybridized carbons (Fsp3) is 0.241. The van der Waals surface area contributed by atoms with E-state index in [0.717, 1.165) is 35.3 Å². The van der Waals surface area contributed by atoms with Crippen LogP contribution in [0.2, 0.25) is 0 Å². The molecule has 5 rings (SSSR count). The number of aliphatic hydroxyl groups is 1. The first kappa shape index (κ1) is 22.7. The quantitative estimate of drug-likeness (QED) is 0.320. The molecule has 6 heteroatoms. The third kappa shape index (κ3) is 3.85. The lowest BCUT2D eigenvalue weighted by molar-refractivity contribution is -0.132. The van der Waals surface area contributed by atoms with Crippen molar-refractivity contribution in [1.82, 2.24) is 0 Å². The van der Waals surface area contributed by atoms with E-state index >= 15 is 0 Å². The summed E-state index contributed by atoms with van der Waals surface area (Å²) in [5.41, 5.74) is 4.64. The number of anilines is 1. The molecule has 1 N–H and O–H groups in total. The van der Waals surface area contributed by atoms with E-state index in [0.29, 0.717) is 29.2 Å². The minimum atomic E-state index is -0.847. The number of amides is 1. The average Bonchev–Trinajstić information content (AvgIpc) is 3.13. The second-order valence-electron chi connectivity index (χ2n) is 8.98. The number of Topliss-reactive ketones (excluding diaryl/α,β-unsaturated/α-hetero) is 1. The molecule has 1 saturated heterocycles. The van der Waals surface area contributed by atoms with Crippen molar-refractivity contribution in [3.63, 3.8) is 0 Å². The Hall–Kier alpha value is -4.06. The molecule has 2 aliphatic heterocycles. The van der Waals surface area contributed by atoms with E-state index in [4.69, 9.17) is 9.47 Å². The molecule has 3 aromatic carbocycles. The van der Waals surface area contributed by atoms with Crippen LogP contribution in [0.15, 0.2) is 66.2 Å². The summed E-state index contributed by atoms with van der Waals surface area (Å²) in [7, 11) is 1.55. The van der Waals surface area contributed by atoms with Gasteiger partial charge in [-0.25, -0.2) is 0 Å². The van der Waals surface area contributed by atoms with Crippen molar-refractivity contribution in [2.24, 2.45) is 0 Å². The molecule has 1 amide bonds.